The van der Waals surface area contributed by atoms with Crippen LogP contribution in [0.15, 0.2) is 21.2 Å². The Balaban J connectivity index is 1.85. The van der Waals surface area contributed by atoms with E-state index in [2.05, 4.69) is 42.2 Å². The van der Waals surface area contributed by atoms with Crippen molar-refractivity contribution in [2.24, 2.45) is 5.41 Å². The lowest BCUT2D eigenvalue weighted by molar-refractivity contribution is 0.207. The molecule has 5 heteroatoms. The number of halogens is 2. The van der Waals surface area contributed by atoms with Crippen LogP contribution >= 0.6 is 31.9 Å². The van der Waals surface area contributed by atoms with E-state index in [9.17, 15) is 5.11 Å². The van der Waals surface area contributed by atoms with E-state index in [0.29, 0.717) is 0 Å². The van der Waals surface area contributed by atoms with Gasteiger partial charge in [0.1, 0.15) is 0 Å². The van der Waals surface area contributed by atoms with Gasteiger partial charge in [0.15, 0.2) is 0 Å². The molecule has 0 spiro atoms. The molecule has 2 rings (SSSR count). The molecule has 0 aromatic carbocycles. The molecule has 88 valence electrons. The van der Waals surface area contributed by atoms with Crippen LogP contribution in [0.4, 0.5) is 0 Å². The number of aliphatic hydroxyl groups is 1. The van der Waals surface area contributed by atoms with Gasteiger partial charge in [0.25, 0.3) is 0 Å². The summed E-state index contributed by atoms with van der Waals surface area (Å²) in [6, 6.07) is 1.99. The highest BCUT2D eigenvalue weighted by molar-refractivity contribution is 9.11. The van der Waals surface area contributed by atoms with E-state index in [1.54, 1.807) is 6.20 Å². The highest BCUT2D eigenvalue weighted by atomic mass is 79.9. The van der Waals surface area contributed by atoms with Crippen molar-refractivity contribution in [2.45, 2.75) is 19.4 Å². The number of aromatic nitrogens is 1. The fourth-order valence-electron chi connectivity index (χ4n) is 1.59. The topological polar surface area (TPSA) is 45.1 Å². The third-order valence-electron chi connectivity index (χ3n) is 2.97. The van der Waals surface area contributed by atoms with E-state index in [4.69, 9.17) is 0 Å². The first-order chi connectivity index (χ1) is 7.65. The van der Waals surface area contributed by atoms with Gasteiger partial charge in [0.05, 0.1) is 5.69 Å². The molecule has 0 radical (unpaired) electrons. The average molecular weight is 350 g/mol. The number of hydrogen-bond acceptors (Lipinski definition) is 3. The van der Waals surface area contributed by atoms with E-state index in [0.717, 1.165) is 40.6 Å². The third-order valence-corrected chi connectivity index (χ3v) is 4.09. The minimum Gasteiger partial charge on any atom is -0.396 e. The van der Waals surface area contributed by atoms with Gasteiger partial charge >= 0.3 is 0 Å². The van der Waals surface area contributed by atoms with Gasteiger partial charge in [-0.25, -0.2) is 0 Å². The number of pyridine rings is 1. The molecule has 0 amide bonds. The first-order valence-corrected chi connectivity index (χ1v) is 6.85. The molecule has 2 N–H and O–H groups in total. The third kappa shape index (κ3) is 3.03. The molecule has 0 bridgehead atoms. The molecule has 1 heterocycles. The zero-order valence-electron chi connectivity index (χ0n) is 8.84. The van der Waals surface area contributed by atoms with E-state index in [1.165, 1.54) is 0 Å². The molecular formula is C11H14Br2N2O. The SMILES string of the molecule is OCC1(CNCc2ncc(Br)cc2Br)CC1. The zero-order valence-corrected chi connectivity index (χ0v) is 12.0. The number of hydrogen-bond donors (Lipinski definition) is 2. The van der Waals surface area contributed by atoms with Gasteiger partial charge in [-0.3, -0.25) is 4.98 Å². The van der Waals surface area contributed by atoms with Crippen LogP contribution in [0.5, 0.6) is 0 Å². The van der Waals surface area contributed by atoms with E-state index >= 15 is 0 Å². The molecule has 16 heavy (non-hydrogen) atoms. The van der Waals surface area contributed by atoms with Crippen molar-refractivity contribution < 1.29 is 5.11 Å². The standard InChI is InChI=1S/C11H14Br2N2O/c12-8-3-9(13)10(15-4-8)5-14-6-11(7-16)1-2-11/h3-4,14,16H,1-2,5-7H2. The van der Waals surface area contributed by atoms with E-state index in [1.807, 2.05) is 6.07 Å². The number of nitrogens with zero attached hydrogens (tertiary/aromatic N) is 1. The molecule has 0 saturated heterocycles. The predicted octanol–water partition coefficient (Wildman–Crippen LogP) is 2.47. The number of aliphatic hydroxyl groups excluding tert-OH is 1. The van der Waals surface area contributed by atoms with Crippen molar-refractivity contribution in [3.8, 4) is 0 Å². The summed E-state index contributed by atoms with van der Waals surface area (Å²) < 4.78 is 1.97. The fourth-order valence-corrected chi connectivity index (χ4v) is 2.71. The molecule has 1 aliphatic rings. The predicted molar refractivity (Wildman–Crippen MR) is 70.1 cm³/mol. The zero-order chi connectivity index (χ0) is 11.6. The average Bonchev–Trinajstić information content (AvgIpc) is 3.02. The summed E-state index contributed by atoms with van der Waals surface area (Å²) in [5, 5.41) is 12.5. The largest absolute Gasteiger partial charge is 0.396 e. The van der Waals surface area contributed by atoms with Crippen LogP contribution in [0.2, 0.25) is 0 Å². The van der Waals surface area contributed by atoms with Crippen molar-refractivity contribution in [1.82, 2.24) is 10.3 Å². The maximum Gasteiger partial charge on any atom is 0.0684 e. The highest BCUT2D eigenvalue weighted by Gasteiger charge is 2.41. The van der Waals surface area contributed by atoms with Gasteiger partial charge in [-0.15, -0.1) is 0 Å². The maximum absolute atomic E-state index is 9.17. The van der Waals surface area contributed by atoms with Crippen molar-refractivity contribution in [2.75, 3.05) is 13.2 Å². The van der Waals surface area contributed by atoms with E-state index < -0.39 is 0 Å². The van der Waals surface area contributed by atoms with Crippen LogP contribution in [-0.2, 0) is 6.54 Å². The second-order valence-electron chi connectivity index (χ2n) is 4.34. The normalized spacial score (nSPS) is 17.4. The van der Waals surface area contributed by atoms with Crippen LogP contribution < -0.4 is 5.32 Å². The smallest absolute Gasteiger partial charge is 0.0684 e. The van der Waals surface area contributed by atoms with Crippen molar-refractivity contribution in [3.63, 3.8) is 0 Å². The summed E-state index contributed by atoms with van der Waals surface area (Å²) in [5.41, 5.74) is 1.15. The quantitative estimate of drug-likeness (QED) is 0.858. The van der Waals surface area contributed by atoms with Crippen LogP contribution in [0.1, 0.15) is 18.5 Å². The van der Waals surface area contributed by atoms with Crippen LogP contribution in [0, 0.1) is 5.41 Å². The fraction of sp³-hybridized carbons (Fsp3) is 0.545. The Morgan fingerprint density at radius 3 is 2.75 bits per heavy atom. The summed E-state index contributed by atoms with van der Waals surface area (Å²) in [4.78, 5) is 4.32. The van der Waals surface area contributed by atoms with Gasteiger partial charge in [0.2, 0.25) is 0 Å². The molecule has 3 nitrogen and oxygen atoms in total. The van der Waals surface area contributed by atoms with Gasteiger partial charge in [-0.2, -0.15) is 0 Å². The lowest BCUT2D eigenvalue weighted by atomic mass is 10.1. The molecule has 1 saturated carbocycles. The molecule has 1 aromatic heterocycles. The van der Waals surface area contributed by atoms with Gasteiger partial charge < -0.3 is 10.4 Å². The van der Waals surface area contributed by atoms with Crippen molar-refractivity contribution in [1.29, 1.82) is 0 Å². The maximum atomic E-state index is 9.17. The monoisotopic (exact) mass is 348 g/mol. The first-order valence-electron chi connectivity index (χ1n) is 5.27. The Morgan fingerprint density at radius 2 is 2.19 bits per heavy atom. The van der Waals surface area contributed by atoms with E-state index in [-0.39, 0.29) is 12.0 Å². The molecule has 0 atom stereocenters. The first kappa shape index (κ1) is 12.5. The van der Waals surface area contributed by atoms with Crippen LogP contribution in [0.3, 0.4) is 0 Å². The molecule has 1 fully saturated rings. The van der Waals surface area contributed by atoms with Crippen LogP contribution in [0.25, 0.3) is 0 Å². The Labute approximate surface area is 112 Å². The second kappa shape index (κ2) is 5.12. The highest BCUT2D eigenvalue weighted by Crippen LogP contribution is 2.44. The van der Waals surface area contributed by atoms with Gasteiger partial charge in [0, 0.05) is 40.3 Å². The summed E-state index contributed by atoms with van der Waals surface area (Å²) in [6.07, 6.45) is 4.05. The van der Waals surface area contributed by atoms with Gasteiger partial charge in [-0.05, 0) is 50.8 Å². The summed E-state index contributed by atoms with van der Waals surface area (Å²) in [7, 11) is 0. The minimum absolute atomic E-state index is 0.155. The summed E-state index contributed by atoms with van der Waals surface area (Å²) >= 11 is 6.85. The summed E-state index contributed by atoms with van der Waals surface area (Å²) in [6.45, 7) is 1.89. The van der Waals surface area contributed by atoms with Crippen molar-refractivity contribution >= 4 is 31.9 Å². The number of rotatable bonds is 5. The molecule has 1 aromatic rings. The molecule has 0 unspecified atom stereocenters. The Hall–Kier alpha value is 0.0300. The van der Waals surface area contributed by atoms with Crippen LogP contribution in [-0.4, -0.2) is 23.2 Å². The van der Waals surface area contributed by atoms with Gasteiger partial charge in [-0.1, -0.05) is 0 Å². The lowest BCUT2D eigenvalue weighted by Crippen LogP contribution is -2.26. The minimum atomic E-state index is 0.155. The molecular weight excluding hydrogens is 336 g/mol. The number of nitrogens with one attached hydrogen (secondary N) is 1. The van der Waals surface area contributed by atoms with Crippen molar-refractivity contribution in [3.05, 3.63) is 26.9 Å². The second-order valence-corrected chi connectivity index (χ2v) is 6.11. The Morgan fingerprint density at radius 1 is 1.44 bits per heavy atom. The Bertz CT molecular complexity index is 380. The molecule has 0 aliphatic heterocycles. The Kier molecular flexibility index (Phi) is 4.00. The summed E-state index contributed by atoms with van der Waals surface area (Å²) in [5.74, 6) is 0. The lowest BCUT2D eigenvalue weighted by Gasteiger charge is -2.12. The molecule has 1 aliphatic carbocycles.